The number of rotatable bonds is 7. The van der Waals surface area contributed by atoms with Crippen LogP contribution in [-0.4, -0.2) is 25.5 Å². The zero-order chi connectivity index (χ0) is 15.2. The van der Waals surface area contributed by atoms with Gasteiger partial charge in [-0.1, -0.05) is 18.6 Å². The van der Waals surface area contributed by atoms with Crippen molar-refractivity contribution in [2.45, 2.75) is 37.9 Å². The molecule has 0 bridgehead atoms. The van der Waals surface area contributed by atoms with Crippen LogP contribution < -0.4 is 0 Å². The van der Waals surface area contributed by atoms with Crippen molar-refractivity contribution in [3.63, 3.8) is 0 Å². The lowest BCUT2D eigenvalue weighted by Crippen LogP contribution is -2.37. The first kappa shape index (κ1) is 17.2. The summed E-state index contributed by atoms with van der Waals surface area (Å²) in [5.74, 6) is 0. The molecule has 0 fully saturated rings. The fraction of sp³-hybridized carbons (Fsp3) is 0.538. The van der Waals surface area contributed by atoms with E-state index in [4.69, 9.17) is 0 Å². The normalized spacial score (nSPS) is 12.7. The van der Waals surface area contributed by atoms with Crippen molar-refractivity contribution in [3.05, 3.63) is 35.4 Å². The van der Waals surface area contributed by atoms with Crippen molar-refractivity contribution in [1.82, 2.24) is 0 Å². The maximum atomic E-state index is 12.4. The molecule has 2 N–H and O–H groups in total. The molecule has 0 unspecified atom stereocenters. The molecule has 3 nitrogen and oxygen atoms in total. The van der Waals surface area contributed by atoms with Gasteiger partial charge in [0.1, 0.15) is 0 Å². The highest BCUT2D eigenvalue weighted by atomic mass is 28.4. The van der Waals surface area contributed by atoms with Gasteiger partial charge < -0.3 is 14.0 Å². The second kappa shape index (κ2) is 7.21. The van der Waals surface area contributed by atoms with Gasteiger partial charge in [-0.05, 0) is 37.0 Å². The molecule has 0 atom stereocenters. The molecule has 0 saturated heterocycles. The van der Waals surface area contributed by atoms with Crippen LogP contribution in [0.3, 0.4) is 0 Å². The van der Waals surface area contributed by atoms with Gasteiger partial charge in [0.25, 0.3) is 0 Å². The SMILES string of the molecule is CO[Si](O)(O)CCCCCc1ccc(C(F)(F)F)cc1. The number of aryl methyl sites for hydroxylation is 1. The van der Waals surface area contributed by atoms with Gasteiger partial charge in [0.15, 0.2) is 0 Å². The van der Waals surface area contributed by atoms with Crippen LogP contribution in [0.15, 0.2) is 24.3 Å². The highest BCUT2D eigenvalue weighted by molar-refractivity contribution is 6.57. The van der Waals surface area contributed by atoms with Crippen LogP contribution in [0.5, 0.6) is 0 Å². The van der Waals surface area contributed by atoms with E-state index in [2.05, 4.69) is 4.43 Å². The molecular weight excluding hydrogens is 289 g/mol. The van der Waals surface area contributed by atoms with Crippen LogP contribution in [0, 0.1) is 0 Å². The minimum atomic E-state index is -4.30. The summed E-state index contributed by atoms with van der Waals surface area (Å²) in [5.41, 5.74) is 0.207. The Hall–Kier alpha value is -0.893. The van der Waals surface area contributed by atoms with Gasteiger partial charge in [0, 0.05) is 13.2 Å². The summed E-state index contributed by atoms with van der Waals surface area (Å²) in [6.45, 7) is 0. The quantitative estimate of drug-likeness (QED) is 0.601. The van der Waals surface area contributed by atoms with Crippen LogP contribution in [-0.2, 0) is 17.0 Å². The molecule has 0 aliphatic carbocycles. The highest BCUT2D eigenvalue weighted by Gasteiger charge is 2.30. The van der Waals surface area contributed by atoms with Crippen LogP contribution in [0.2, 0.25) is 6.04 Å². The Bertz CT molecular complexity index is 404. The number of benzene rings is 1. The third kappa shape index (κ3) is 6.04. The molecule has 0 spiro atoms. The Morgan fingerprint density at radius 2 is 1.65 bits per heavy atom. The average Bonchev–Trinajstić information content (AvgIpc) is 2.38. The molecule has 0 aliphatic heterocycles. The molecule has 1 aromatic carbocycles. The average molecular weight is 308 g/mol. The van der Waals surface area contributed by atoms with E-state index in [0.29, 0.717) is 12.8 Å². The Kier molecular flexibility index (Phi) is 6.19. The Balaban J connectivity index is 2.29. The topological polar surface area (TPSA) is 49.7 Å². The Labute approximate surface area is 117 Å². The summed E-state index contributed by atoms with van der Waals surface area (Å²) >= 11 is 0. The summed E-state index contributed by atoms with van der Waals surface area (Å²) in [4.78, 5) is 18.6. The second-order valence-corrected chi connectivity index (χ2v) is 7.10. The molecule has 7 heteroatoms. The molecular formula is C13H19F3O3Si. The molecule has 0 amide bonds. The fourth-order valence-corrected chi connectivity index (χ4v) is 2.74. The number of alkyl halides is 3. The lowest BCUT2D eigenvalue weighted by molar-refractivity contribution is -0.137. The zero-order valence-electron chi connectivity index (χ0n) is 11.3. The third-order valence-corrected chi connectivity index (χ3v) is 4.73. The van der Waals surface area contributed by atoms with Crippen molar-refractivity contribution in [2.24, 2.45) is 0 Å². The molecule has 20 heavy (non-hydrogen) atoms. The Morgan fingerprint density at radius 1 is 1.05 bits per heavy atom. The lowest BCUT2D eigenvalue weighted by Gasteiger charge is -2.14. The first-order valence-electron chi connectivity index (χ1n) is 6.41. The van der Waals surface area contributed by atoms with E-state index >= 15 is 0 Å². The minimum Gasteiger partial charge on any atom is -0.390 e. The van der Waals surface area contributed by atoms with E-state index in [1.807, 2.05) is 0 Å². The van der Waals surface area contributed by atoms with Crippen LogP contribution in [0.1, 0.15) is 30.4 Å². The van der Waals surface area contributed by atoms with Gasteiger partial charge in [-0.25, -0.2) is 0 Å². The molecule has 0 radical (unpaired) electrons. The highest BCUT2D eigenvalue weighted by Crippen LogP contribution is 2.29. The molecule has 0 aliphatic rings. The maximum Gasteiger partial charge on any atom is 0.495 e. The largest absolute Gasteiger partial charge is 0.495 e. The zero-order valence-corrected chi connectivity index (χ0v) is 12.3. The van der Waals surface area contributed by atoms with E-state index in [1.165, 1.54) is 19.2 Å². The predicted molar refractivity (Wildman–Crippen MR) is 71.0 cm³/mol. The third-order valence-electron chi connectivity index (χ3n) is 3.08. The van der Waals surface area contributed by atoms with Crippen molar-refractivity contribution in [1.29, 1.82) is 0 Å². The lowest BCUT2D eigenvalue weighted by atomic mass is 10.1. The maximum absolute atomic E-state index is 12.4. The van der Waals surface area contributed by atoms with Crippen LogP contribution in [0.4, 0.5) is 13.2 Å². The summed E-state index contributed by atoms with van der Waals surface area (Å²) in [5, 5.41) is 0. The molecule has 1 rings (SSSR count). The van der Waals surface area contributed by atoms with Crippen molar-refractivity contribution >= 4 is 8.80 Å². The summed E-state index contributed by atoms with van der Waals surface area (Å²) in [6.07, 6.45) is -1.42. The summed E-state index contributed by atoms with van der Waals surface area (Å²) < 4.78 is 41.7. The monoisotopic (exact) mass is 308 g/mol. The van der Waals surface area contributed by atoms with Gasteiger partial charge in [0.2, 0.25) is 0 Å². The van der Waals surface area contributed by atoms with Crippen LogP contribution >= 0.6 is 0 Å². The molecule has 1 aromatic rings. The minimum absolute atomic E-state index is 0.247. The number of halogens is 3. The van der Waals surface area contributed by atoms with Crippen molar-refractivity contribution < 1.29 is 27.2 Å². The first-order valence-corrected chi connectivity index (χ1v) is 8.41. The van der Waals surface area contributed by atoms with E-state index in [-0.39, 0.29) is 6.04 Å². The fourth-order valence-electron chi connectivity index (χ4n) is 1.82. The first-order chi connectivity index (χ1) is 9.24. The molecule has 0 heterocycles. The van der Waals surface area contributed by atoms with Crippen molar-refractivity contribution in [3.8, 4) is 0 Å². The van der Waals surface area contributed by atoms with Gasteiger partial charge >= 0.3 is 15.0 Å². The van der Waals surface area contributed by atoms with Gasteiger partial charge in [0.05, 0.1) is 5.56 Å². The summed E-state index contributed by atoms with van der Waals surface area (Å²) in [7, 11) is -2.19. The number of unbranched alkanes of at least 4 members (excludes halogenated alkanes) is 2. The second-order valence-electron chi connectivity index (χ2n) is 4.70. The van der Waals surface area contributed by atoms with E-state index in [0.717, 1.165) is 30.5 Å². The summed E-state index contributed by atoms with van der Waals surface area (Å²) in [6, 6.07) is 5.38. The van der Waals surface area contributed by atoms with E-state index in [9.17, 15) is 22.8 Å². The molecule has 114 valence electrons. The molecule has 0 aromatic heterocycles. The molecule has 0 saturated carbocycles. The van der Waals surface area contributed by atoms with Gasteiger partial charge in [-0.15, -0.1) is 0 Å². The predicted octanol–water partition coefficient (Wildman–Crippen LogP) is 2.99. The van der Waals surface area contributed by atoms with Gasteiger partial charge in [-0.2, -0.15) is 13.2 Å². The Morgan fingerprint density at radius 3 is 2.15 bits per heavy atom. The van der Waals surface area contributed by atoms with Gasteiger partial charge in [-0.3, -0.25) is 0 Å². The number of hydrogen-bond acceptors (Lipinski definition) is 3. The smallest absolute Gasteiger partial charge is 0.390 e. The van der Waals surface area contributed by atoms with E-state index in [1.54, 1.807) is 0 Å². The van der Waals surface area contributed by atoms with E-state index < -0.39 is 20.5 Å². The van der Waals surface area contributed by atoms with Crippen LogP contribution in [0.25, 0.3) is 0 Å². The standard InChI is InChI=1S/C13H19F3O3Si/c1-19-20(17,18)10-4-2-3-5-11-6-8-12(9-7-11)13(14,15)16/h6-9,17-18H,2-5,10H2,1H3. The van der Waals surface area contributed by atoms with Crippen molar-refractivity contribution in [2.75, 3.05) is 7.11 Å². The number of hydrogen-bond donors (Lipinski definition) is 2.